The molecule has 0 aliphatic rings. The summed E-state index contributed by atoms with van der Waals surface area (Å²) in [7, 11) is 0. The maximum Gasteiger partial charge on any atom is 0.00412 e. The Hall–Kier alpha value is 0.310. The van der Waals surface area contributed by atoms with Crippen molar-refractivity contribution < 1.29 is 0 Å². The summed E-state index contributed by atoms with van der Waals surface area (Å²) < 4.78 is 0. The van der Waals surface area contributed by atoms with Crippen LogP contribution in [0.4, 0.5) is 0 Å². The molecule has 0 fully saturated rings. The molecule has 0 saturated carbocycles. The largest absolute Gasteiger partial charge is 0.314 e. The standard InChI is InChI=1S/C12H27NS/c1-5-11(3)10-12(4)13-8-7-9-14-6-2/h11-13H,5-10H2,1-4H3. The second-order valence-electron chi connectivity index (χ2n) is 4.15. The summed E-state index contributed by atoms with van der Waals surface area (Å²) in [6, 6.07) is 0.691. The minimum atomic E-state index is 0.691. The molecule has 0 bridgehead atoms. The van der Waals surface area contributed by atoms with E-state index in [1.54, 1.807) is 0 Å². The first kappa shape index (κ1) is 14.3. The van der Waals surface area contributed by atoms with Crippen LogP contribution in [0.3, 0.4) is 0 Å². The van der Waals surface area contributed by atoms with Crippen LogP contribution in [0.15, 0.2) is 0 Å². The lowest BCUT2D eigenvalue weighted by molar-refractivity contribution is 0.414. The second-order valence-corrected chi connectivity index (χ2v) is 5.55. The zero-order valence-corrected chi connectivity index (χ0v) is 11.1. The van der Waals surface area contributed by atoms with E-state index in [0.29, 0.717) is 6.04 Å². The SMILES string of the molecule is CCSCCCNC(C)CC(C)CC. The van der Waals surface area contributed by atoms with Gasteiger partial charge in [-0.2, -0.15) is 11.8 Å². The highest BCUT2D eigenvalue weighted by molar-refractivity contribution is 7.99. The van der Waals surface area contributed by atoms with Gasteiger partial charge in [0, 0.05) is 6.04 Å². The van der Waals surface area contributed by atoms with Gasteiger partial charge in [0.15, 0.2) is 0 Å². The van der Waals surface area contributed by atoms with Gasteiger partial charge in [0.1, 0.15) is 0 Å². The van der Waals surface area contributed by atoms with Crippen LogP contribution < -0.4 is 5.32 Å². The van der Waals surface area contributed by atoms with E-state index in [2.05, 4.69) is 33.0 Å². The molecule has 1 N–H and O–H groups in total. The highest BCUT2D eigenvalue weighted by Crippen LogP contribution is 2.09. The first-order chi connectivity index (χ1) is 6.70. The predicted molar refractivity (Wildman–Crippen MR) is 69.2 cm³/mol. The maximum absolute atomic E-state index is 3.59. The molecule has 2 unspecified atom stereocenters. The van der Waals surface area contributed by atoms with Crippen molar-refractivity contribution in [3.8, 4) is 0 Å². The average molecular weight is 217 g/mol. The van der Waals surface area contributed by atoms with Crippen LogP contribution in [0, 0.1) is 5.92 Å². The summed E-state index contributed by atoms with van der Waals surface area (Å²) in [5, 5.41) is 3.59. The van der Waals surface area contributed by atoms with Gasteiger partial charge in [-0.25, -0.2) is 0 Å². The fourth-order valence-corrected chi connectivity index (χ4v) is 2.16. The van der Waals surface area contributed by atoms with Crippen LogP contribution in [-0.2, 0) is 0 Å². The molecule has 0 spiro atoms. The Kier molecular flexibility index (Phi) is 10.1. The Bertz CT molecular complexity index is 117. The highest BCUT2D eigenvalue weighted by atomic mass is 32.2. The molecule has 0 rings (SSSR count). The molecule has 0 aromatic rings. The van der Waals surface area contributed by atoms with E-state index in [-0.39, 0.29) is 0 Å². The van der Waals surface area contributed by atoms with Crippen LogP contribution in [0.5, 0.6) is 0 Å². The van der Waals surface area contributed by atoms with Gasteiger partial charge in [0.05, 0.1) is 0 Å². The predicted octanol–water partition coefficient (Wildman–Crippen LogP) is 3.54. The quantitative estimate of drug-likeness (QED) is 0.593. The first-order valence-electron chi connectivity index (χ1n) is 6.01. The van der Waals surface area contributed by atoms with Gasteiger partial charge in [0.25, 0.3) is 0 Å². The Labute approximate surface area is 94.4 Å². The van der Waals surface area contributed by atoms with Gasteiger partial charge in [-0.15, -0.1) is 0 Å². The van der Waals surface area contributed by atoms with Gasteiger partial charge < -0.3 is 5.32 Å². The van der Waals surface area contributed by atoms with Gasteiger partial charge in [0.2, 0.25) is 0 Å². The molecule has 86 valence electrons. The van der Waals surface area contributed by atoms with E-state index in [1.165, 1.54) is 37.3 Å². The molecule has 0 radical (unpaired) electrons. The minimum Gasteiger partial charge on any atom is -0.314 e. The Morgan fingerprint density at radius 3 is 2.50 bits per heavy atom. The van der Waals surface area contributed by atoms with Crippen molar-refractivity contribution in [1.82, 2.24) is 5.32 Å². The van der Waals surface area contributed by atoms with E-state index in [1.807, 2.05) is 11.8 Å². The van der Waals surface area contributed by atoms with E-state index < -0.39 is 0 Å². The number of nitrogens with one attached hydrogen (secondary N) is 1. The van der Waals surface area contributed by atoms with Gasteiger partial charge in [-0.1, -0.05) is 27.2 Å². The van der Waals surface area contributed by atoms with E-state index in [4.69, 9.17) is 0 Å². The van der Waals surface area contributed by atoms with Crippen molar-refractivity contribution >= 4 is 11.8 Å². The second kappa shape index (κ2) is 9.85. The third-order valence-corrected chi connectivity index (χ3v) is 3.60. The van der Waals surface area contributed by atoms with Crippen LogP contribution >= 0.6 is 11.8 Å². The van der Waals surface area contributed by atoms with Gasteiger partial charge in [-0.05, 0) is 43.7 Å². The molecule has 1 nitrogen and oxygen atoms in total. The van der Waals surface area contributed by atoms with E-state index in [0.717, 1.165) is 5.92 Å². The topological polar surface area (TPSA) is 12.0 Å². The number of hydrogen-bond acceptors (Lipinski definition) is 2. The Morgan fingerprint density at radius 1 is 1.21 bits per heavy atom. The number of thioether (sulfide) groups is 1. The lowest BCUT2D eigenvalue weighted by atomic mass is 10.0. The lowest BCUT2D eigenvalue weighted by Gasteiger charge is -2.17. The van der Waals surface area contributed by atoms with Crippen LogP contribution in [0.25, 0.3) is 0 Å². The van der Waals surface area contributed by atoms with Gasteiger partial charge in [-0.3, -0.25) is 0 Å². The van der Waals surface area contributed by atoms with E-state index in [9.17, 15) is 0 Å². The summed E-state index contributed by atoms with van der Waals surface area (Å²) >= 11 is 2.04. The summed E-state index contributed by atoms with van der Waals surface area (Å²) in [6.45, 7) is 10.3. The summed E-state index contributed by atoms with van der Waals surface area (Å²) in [4.78, 5) is 0. The lowest BCUT2D eigenvalue weighted by Crippen LogP contribution is -2.28. The fraction of sp³-hybridized carbons (Fsp3) is 1.00. The van der Waals surface area contributed by atoms with E-state index >= 15 is 0 Å². The summed E-state index contributed by atoms with van der Waals surface area (Å²) in [6.07, 6.45) is 3.93. The van der Waals surface area contributed by atoms with Gasteiger partial charge >= 0.3 is 0 Å². The molecule has 0 aromatic heterocycles. The molecule has 14 heavy (non-hydrogen) atoms. The molecule has 0 amide bonds. The molecule has 2 heteroatoms. The van der Waals surface area contributed by atoms with Crippen LogP contribution in [0.1, 0.15) is 47.0 Å². The number of hydrogen-bond donors (Lipinski definition) is 1. The molecule has 0 aliphatic heterocycles. The van der Waals surface area contributed by atoms with Crippen LogP contribution in [0.2, 0.25) is 0 Å². The van der Waals surface area contributed by atoms with Crippen molar-refractivity contribution in [2.45, 2.75) is 53.0 Å². The monoisotopic (exact) mass is 217 g/mol. The molecular weight excluding hydrogens is 190 g/mol. The minimum absolute atomic E-state index is 0.691. The summed E-state index contributed by atoms with van der Waals surface area (Å²) in [5.41, 5.74) is 0. The molecule has 0 aliphatic carbocycles. The summed E-state index contributed by atoms with van der Waals surface area (Å²) in [5.74, 6) is 3.42. The van der Waals surface area contributed by atoms with Crippen molar-refractivity contribution in [3.63, 3.8) is 0 Å². The molecule has 0 heterocycles. The number of rotatable bonds is 9. The third-order valence-electron chi connectivity index (χ3n) is 2.62. The molecule has 2 atom stereocenters. The zero-order valence-electron chi connectivity index (χ0n) is 10.3. The van der Waals surface area contributed by atoms with Crippen molar-refractivity contribution in [2.75, 3.05) is 18.1 Å². The molecular formula is C12H27NS. The maximum atomic E-state index is 3.59. The average Bonchev–Trinajstić information content (AvgIpc) is 2.17. The molecule has 0 aromatic carbocycles. The highest BCUT2D eigenvalue weighted by Gasteiger charge is 2.05. The first-order valence-corrected chi connectivity index (χ1v) is 7.17. The normalized spacial score (nSPS) is 15.4. The third kappa shape index (κ3) is 8.89. The van der Waals surface area contributed by atoms with Crippen LogP contribution in [-0.4, -0.2) is 24.1 Å². The van der Waals surface area contributed by atoms with Crippen molar-refractivity contribution in [3.05, 3.63) is 0 Å². The van der Waals surface area contributed by atoms with Crippen molar-refractivity contribution in [2.24, 2.45) is 5.92 Å². The van der Waals surface area contributed by atoms with Crippen molar-refractivity contribution in [1.29, 1.82) is 0 Å². The Morgan fingerprint density at radius 2 is 1.93 bits per heavy atom. The smallest absolute Gasteiger partial charge is 0.00412 e. The Balaban J connectivity index is 3.22. The zero-order chi connectivity index (χ0) is 10.8. The fourth-order valence-electron chi connectivity index (χ4n) is 1.52. The molecule has 0 saturated heterocycles.